The molecule has 0 spiro atoms. The van der Waals surface area contributed by atoms with Crippen molar-refractivity contribution >= 4 is 18.2 Å². The van der Waals surface area contributed by atoms with Crippen LogP contribution in [-0.2, 0) is 4.74 Å². The van der Waals surface area contributed by atoms with Gasteiger partial charge in [0.2, 0.25) is 0 Å². The van der Waals surface area contributed by atoms with E-state index < -0.39 is 0 Å². The van der Waals surface area contributed by atoms with Crippen LogP contribution in [0.25, 0.3) is 0 Å². The molecular formula is C14H20ClNO2. The van der Waals surface area contributed by atoms with E-state index in [0.29, 0.717) is 6.42 Å². The van der Waals surface area contributed by atoms with Crippen LogP contribution in [0.4, 0.5) is 0 Å². The Balaban J connectivity index is 0.00000162. The summed E-state index contributed by atoms with van der Waals surface area (Å²) in [7, 11) is 0. The highest BCUT2D eigenvalue weighted by Gasteiger charge is 2.12. The second-order valence-electron chi connectivity index (χ2n) is 4.50. The Morgan fingerprint density at radius 2 is 2.06 bits per heavy atom. The average Bonchev–Trinajstić information content (AvgIpc) is 2.37. The molecule has 0 saturated carbocycles. The highest BCUT2D eigenvalue weighted by Crippen LogP contribution is 2.08. The van der Waals surface area contributed by atoms with E-state index in [-0.39, 0.29) is 18.2 Å². The zero-order valence-electron chi connectivity index (χ0n) is 10.7. The molecule has 1 saturated heterocycles. The molecule has 1 aliphatic heterocycles. The van der Waals surface area contributed by atoms with E-state index in [1.165, 1.54) is 0 Å². The monoisotopic (exact) mass is 269 g/mol. The quantitative estimate of drug-likeness (QED) is 0.786. The van der Waals surface area contributed by atoms with Crippen LogP contribution in [0, 0.1) is 6.92 Å². The molecule has 3 nitrogen and oxygen atoms in total. The molecule has 0 bridgehead atoms. The van der Waals surface area contributed by atoms with Gasteiger partial charge in [-0.3, -0.25) is 9.69 Å². The standard InChI is InChI=1S/C14H19NO2.ClH/c1-12-3-2-4-13(11-12)14(16)5-6-15-7-9-17-10-8-15;/h2-4,11H,5-10H2,1H3;1H. The summed E-state index contributed by atoms with van der Waals surface area (Å²) in [5.74, 6) is 0.236. The molecule has 1 heterocycles. The third kappa shape index (κ3) is 4.41. The minimum Gasteiger partial charge on any atom is -0.379 e. The van der Waals surface area contributed by atoms with Gasteiger partial charge in [0.25, 0.3) is 0 Å². The zero-order chi connectivity index (χ0) is 12.1. The summed E-state index contributed by atoms with van der Waals surface area (Å²) in [6.07, 6.45) is 0.601. The average molecular weight is 270 g/mol. The summed E-state index contributed by atoms with van der Waals surface area (Å²) in [5.41, 5.74) is 1.97. The molecule has 1 aromatic carbocycles. The van der Waals surface area contributed by atoms with E-state index in [9.17, 15) is 4.79 Å². The normalized spacial score (nSPS) is 16.1. The number of nitrogens with zero attached hydrogens (tertiary/aromatic N) is 1. The topological polar surface area (TPSA) is 29.5 Å². The Morgan fingerprint density at radius 1 is 1.33 bits per heavy atom. The molecule has 0 atom stereocenters. The third-order valence-electron chi connectivity index (χ3n) is 3.10. The summed E-state index contributed by atoms with van der Waals surface area (Å²) in [5, 5.41) is 0. The molecule has 100 valence electrons. The first-order chi connectivity index (χ1) is 8.25. The van der Waals surface area contributed by atoms with E-state index in [2.05, 4.69) is 4.90 Å². The zero-order valence-corrected chi connectivity index (χ0v) is 11.5. The number of hydrogen-bond acceptors (Lipinski definition) is 3. The van der Waals surface area contributed by atoms with Crippen LogP contribution in [0.3, 0.4) is 0 Å². The molecule has 18 heavy (non-hydrogen) atoms. The Hall–Kier alpha value is -0.900. The highest BCUT2D eigenvalue weighted by molar-refractivity contribution is 5.96. The maximum Gasteiger partial charge on any atom is 0.164 e. The smallest absolute Gasteiger partial charge is 0.164 e. The number of Topliss-reactive ketones (excluding diaryl/α,β-unsaturated/α-hetero) is 1. The number of halogens is 1. The second kappa shape index (κ2) is 7.52. The molecule has 0 radical (unpaired) electrons. The van der Waals surface area contributed by atoms with Gasteiger partial charge in [-0.2, -0.15) is 0 Å². The minimum absolute atomic E-state index is 0. The fourth-order valence-corrected chi connectivity index (χ4v) is 2.05. The first-order valence-corrected chi connectivity index (χ1v) is 6.16. The molecule has 1 aliphatic rings. The van der Waals surface area contributed by atoms with Gasteiger partial charge in [-0.15, -0.1) is 12.4 Å². The lowest BCUT2D eigenvalue weighted by Crippen LogP contribution is -2.37. The van der Waals surface area contributed by atoms with Gasteiger partial charge in [0, 0.05) is 31.6 Å². The van der Waals surface area contributed by atoms with Gasteiger partial charge in [0.15, 0.2) is 5.78 Å². The fourth-order valence-electron chi connectivity index (χ4n) is 2.05. The molecule has 1 aromatic rings. The minimum atomic E-state index is 0. The molecule has 0 amide bonds. The van der Waals surface area contributed by atoms with Crippen molar-refractivity contribution in [3.8, 4) is 0 Å². The summed E-state index contributed by atoms with van der Waals surface area (Å²) in [6, 6.07) is 7.81. The lowest BCUT2D eigenvalue weighted by molar-refractivity contribution is 0.0370. The number of rotatable bonds is 4. The Morgan fingerprint density at radius 3 is 2.72 bits per heavy atom. The number of aryl methyl sites for hydroxylation is 1. The van der Waals surface area contributed by atoms with Crippen molar-refractivity contribution in [2.45, 2.75) is 13.3 Å². The fraction of sp³-hybridized carbons (Fsp3) is 0.500. The molecule has 0 aliphatic carbocycles. The summed E-state index contributed by atoms with van der Waals surface area (Å²) < 4.78 is 5.28. The van der Waals surface area contributed by atoms with Crippen molar-refractivity contribution in [3.63, 3.8) is 0 Å². The second-order valence-corrected chi connectivity index (χ2v) is 4.50. The van der Waals surface area contributed by atoms with E-state index in [4.69, 9.17) is 4.74 Å². The van der Waals surface area contributed by atoms with Crippen LogP contribution in [0.1, 0.15) is 22.3 Å². The molecular weight excluding hydrogens is 250 g/mol. The number of ether oxygens (including phenoxy) is 1. The maximum atomic E-state index is 12.0. The van der Waals surface area contributed by atoms with E-state index in [1.807, 2.05) is 31.2 Å². The van der Waals surface area contributed by atoms with Gasteiger partial charge in [-0.1, -0.05) is 23.8 Å². The maximum absolute atomic E-state index is 12.0. The van der Waals surface area contributed by atoms with Gasteiger partial charge < -0.3 is 4.74 Å². The van der Waals surface area contributed by atoms with Crippen LogP contribution >= 0.6 is 12.4 Å². The van der Waals surface area contributed by atoms with Crippen molar-refractivity contribution in [2.24, 2.45) is 0 Å². The van der Waals surface area contributed by atoms with Crippen LogP contribution in [0.2, 0.25) is 0 Å². The summed E-state index contributed by atoms with van der Waals surface area (Å²) >= 11 is 0. The van der Waals surface area contributed by atoms with E-state index >= 15 is 0 Å². The molecule has 2 rings (SSSR count). The molecule has 0 aromatic heterocycles. The van der Waals surface area contributed by atoms with Crippen molar-refractivity contribution < 1.29 is 9.53 Å². The molecule has 0 unspecified atom stereocenters. The first-order valence-electron chi connectivity index (χ1n) is 6.16. The van der Waals surface area contributed by atoms with Crippen molar-refractivity contribution in [1.29, 1.82) is 0 Å². The Kier molecular flexibility index (Phi) is 6.33. The van der Waals surface area contributed by atoms with Gasteiger partial charge in [0.1, 0.15) is 0 Å². The first kappa shape index (κ1) is 15.2. The lowest BCUT2D eigenvalue weighted by Gasteiger charge is -2.26. The summed E-state index contributed by atoms with van der Waals surface area (Å²) in [4.78, 5) is 14.3. The van der Waals surface area contributed by atoms with Crippen LogP contribution in [0.15, 0.2) is 24.3 Å². The molecule has 1 fully saturated rings. The largest absolute Gasteiger partial charge is 0.379 e. The number of hydrogen-bond donors (Lipinski definition) is 0. The van der Waals surface area contributed by atoms with Crippen molar-refractivity contribution in [1.82, 2.24) is 4.90 Å². The SMILES string of the molecule is Cc1cccc(C(=O)CCN2CCOCC2)c1.Cl. The number of benzene rings is 1. The highest BCUT2D eigenvalue weighted by atomic mass is 35.5. The van der Waals surface area contributed by atoms with Crippen LogP contribution < -0.4 is 0 Å². The van der Waals surface area contributed by atoms with Crippen LogP contribution in [-0.4, -0.2) is 43.5 Å². The number of morpholine rings is 1. The van der Waals surface area contributed by atoms with Gasteiger partial charge >= 0.3 is 0 Å². The molecule has 4 heteroatoms. The molecule has 0 N–H and O–H groups in total. The third-order valence-corrected chi connectivity index (χ3v) is 3.10. The number of ketones is 1. The summed E-state index contributed by atoms with van der Waals surface area (Å²) in [6.45, 7) is 6.33. The van der Waals surface area contributed by atoms with Gasteiger partial charge in [0.05, 0.1) is 13.2 Å². The van der Waals surface area contributed by atoms with Gasteiger partial charge in [-0.05, 0) is 13.0 Å². The number of carbonyl (C=O) groups is 1. The predicted molar refractivity (Wildman–Crippen MR) is 74.6 cm³/mol. The van der Waals surface area contributed by atoms with Crippen LogP contribution in [0.5, 0.6) is 0 Å². The Labute approximate surface area is 115 Å². The Bertz CT molecular complexity index is 389. The van der Waals surface area contributed by atoms with Gasteiger partial charge in [-0.25, -0.2) is 0 Å². The van der Waals surface area contributed by atoms with E-state index in [1.54, 1.807) is 0 Å². The lowest BCUT2D eigenvalue weighted by atomic mass is 10.1. The van der Waals surface area contributed by atoms with E-state index in [0.717, 1.165) is 44.0 Å². The number of carbonyl (C=O) groups excluding carboxylic acids is 1. The predicted octanol–water partition coefficient (Wildman–Crippen LogP) is 2.32. The van der Waals surface area contributed by atoms with Crippen molar-refractivity contribution in [3.05, 3.63) is 35.4 Å². The van der Waals surface area contributed by atoms with Crippen molar-refractivity contribution in [2.75, 3.05) is 32.8 Å².